The molecule has 0 saturated heterocycles. The van der Waals surface area contributed by atoms with Gasteiger partial charge in [0.05, 0.1) is 11.5 Å². The van der Waals surface area contributed by atoms with E-state index in [0.717, 1.165) is 15.6 Å². The van der Waals surface area contributed by atoms with Gasteiger partial charge in [0.1, 0.15) is 5.04 Å². The molecule has 2 aromatic carbocycles. The van der Waals surface area contributed by atoms with Gasteiger partial charge < -0.3 is 9.84 Å². The Balaban J connectivity index is 1.91. The number of thioether (sulfide) groups is 1. The first kappa shape index (κ1) is 17.8. The summed E-state index contributed by atoms with van der Waals surface area (Å²) in [6.45, 7) is 4.29. The minimum Gasteiger partial charge on any atom is -0.504 e. The maximum absolute atomic E-state index is 12.2. The minimum atomic E-state index is -0.307. The van der Waals surface area contributed by atoms with E-state index >= 15 is 0 Å². The highest BCUT2D eigenvalue weighted by molar-refractivity contribution is 9.10. The van der Waals surface area contributed by atoms with Crippen molar-refractivity contribution in [1.82, 2.24) is 0 Å². The van der Waals surface area contributed by atoms with E-state index in [9.17, 15) is 9.90 Å². The molecule has 0 atom stereocenters. The van der Waals surface area contributed by atoms with Gasteiger partial charge in [-0.05, 0) is 32.1 Å². The number of nitrogens with zero attached hydrogens (tertiary/aromatic N) is 1. The number of benzene rings is 2. The second-order valence-electron chi connectivity index (χ2n) is 5.47. The molecule has 1 amide bonds. The van der Waals surface area contributed by atoms with E-state index in [4.69, 9.17) is 4.74 Å². The average Bonchev–Trinajstić information content (AvgIpc) is 2.93. The summed E-state index contributed by atoms with van der Waals surface area (Å²) >= 11 is 4.70. The molecule has 3 rings (SSSR count). The maximum atomic E-state index is 12.2. The van der Waals surface area contributed by atoms with Crippen molar-refractivity contribution < 1.29 is 14.6 Å². The largest absolute Gasteiger partial charge is 0.504 e. The normalized spacial score (nSPS) is 15.6. The zero-order chi connectivity index (χ0) is 18.0. The summed E-state index contributed by atoms with van der Waals surface area (Å²) in [4.78, 5) is 16.8. The lowest BCUT2D eigenvalue weighted by Gasteiger charge is -2.09. The van der Waals surface area contributed by atoms with Crippen molar-refractivity contribution in [2.45, 2.75) is 13.8 Å². The van der Waals surface area contributed by atoms with Crippen molar-refractivity contribution in [3.05, 3.63) is 62.5 Å². The minimum absolute atomic E-state index is 0.00901. The number of phenolic OH excluding ortho intramolecular Hbond substituents is 1. The van der Waals surface area contributed by atoms with Crippen LogP contribution in [-0.2, 0) is 4.79 Å². The van der Waals surface area contributed by atoms with Gasteiger partial charge in [-0.2, -0.15) is 0 Å². The molecule has 0 bridgehead atoms. The third kappa shape index (κ3) is 3.96. The van der Waals surface area contributed by atoms with Crippen LogP contribution in [0.25, 0.3) is 6.08 Å². The molecule has 1 heterocycles. The molecule has 4 nitrogen and oxygen atoms in total. The summed E-state index contributed by atoms with van der Waals surface area (Å²) in [5, 5.41) is 11.0. The number of carbonyl (C=O) groups excluding carboxylic acids is 1. The molecule has 1 aliphatic rings. The van der Waals surface area contributed by atoms with Crippen molar-refractivity contribution in [3.8, 4) is 11.5 Å². The van der Waals surface area contributed by atoms with Crippen LogP contribution in [0.1, 0.15) is 23.6 Å². The highest BCUT2D eigenvalue weighted by Gasteiger charge is 2.23. The molecule has 0 aromatic heterocycles. The molecule has 2 aromatic rings. The van der Waals surface area contributed by atoms with Gasteiger partial charge in [0.2, 0.25) is 0 Å². The van der Waals surface area contributed by atoms with Gasteiger partial charge >= 0.3 is 0 Å². The molecule has 0 saturated carbocycles. The number of halogens is 1. The van der Waals surface area contributed by atoms with E-state index in [0.29, 0.717) is 27.9 Å². The topological polar surface area (TPSA) is 58.9 Å². The average molecular weight is 418 g/mol. The lowest BCUT2D eigenvalue weighted by molar-refractivity contribution is -0.113. The highest BCUT2D eigenvalue weighted by atomic mass is 79.9. The number of ether oxygens (including phenoxy) is 1. The number of rotatable bonds is 4. The fraction of sp³-hybridized carbons (Fsp3) is 0.158. The Kier molecular flexibility index (Phi) is 5.30. The second kappa shape index (κ2) is 7.45. The van der Waals surface area contributed by atoms with Gasteiger partial charge in [0, 0.05) is 15.6 Å². The lowest BCUT2D eigenvalue weighted by atomic mass is 10.1. The summed E-state index contributed by atoms with van der Waals surface area (Å²) in [6, 6.07) is 11.3. The molecule has 1 N–H and O–H groups in total. The van der Waals surface area contributed by atoms with Crippen LogP contribution >= 0.6 is 27.7 Å². The van der Waals surface area contributed by atoms with Gasteiger partial charge in [-0.1, -0.05) is 57.5 Å². The molecule has 0 unspecified atom stereocenters. The van der Waals surface area contributed by atoms with Crippen molar-refractivity contribution in [2.75, 3.05) is 6.61 Å². The van der Waals surface area contributed by atoms with E-state index < -0.39 is 0 Å². The molecule has 0 fully saturated rings. The maximum Gasteiger partial charge on any atom is 0.284 e. The van der Waals surface area contributed by atoms with Crippen molar-refractivity contribution in [3.63, 3.8) is 0 Å². The van der Waals surface area contributed by atoms with Gasteiger partial charge in [0.15, 0.2) is 11.5 Å². The Morgan fingerprint density at radius 2 is 2.00 bits per heavy atom. The number of hydrogen-bond donors (Lipinski definition) is 1. The third-order valence-corrected chi connectivity index (χ3v) is 5.07. The van der Waals surface area contributed by atoms with Crippen LogP contribution in [0.15, 0.2) is 50.8 Å². The van der Waals surface area contributed by atoms with Crippen LogP contribution in [0.4, 0.5) is 0 Å². The Morgan fingerprint density at radius 3 is 2.68 bits per heavy atom. The molecular formula is C19H16BrNO3S. The standard InChI is InChI=1S/C19H16BrNO3S/c1-3-24-15-10-14(20)8-13(17(15)22)9-16-18(23)21-19(25-16)12-6-4-11(2)5-7-12/h4-10,22H,3H2,1-2H3/b16-9-. The number of aliphatic imine (C=N–C) groups is 1. The van der Waals surface area contributed by atoms with E-state index in [1.165, 1.54) is 11.8 Å². The number of aromatic hydroxyl groups is 1. The van der Waals surface area contributed by atoms with Crippen molar-refractivity contribution >= 4 is 44.7 Å². The SMILES string of the molecule is CCOc1cc(Br)cc(/C=C2\SC(c3ccc(C)cc3)=NC2=O)c1O. The van der Waals surface area contributed by atoms with Crippen LogP contribution in [0.5, 0.6) is 11.5 Å². The molecule has 0 spiro atoms. The summed E-state index contributed by atoms with van der Waals surface area (Å²) in [5.74, 6) is 0.0755. The van der Waals surface area contributed by atoms with Crippen LogP contribution in [0.3, 0.4) is 0 Å². The van der Waals surface area contributed by atoms with E-state index in [1.54, 1.807) is 18.2 Å². The fourth-order valence-electron chi connectivity index (χ4n) is 2.34. The lowest BCUT2D eigenvalue weighted by Crippen LogP contribution is -1.94. The Morgan fingerprint density at radius 1 is 1.28 bits per heavy atom. The quantitative estimate of drug-likeness (QED) is 0.716. The molecule has 0 radical (unpaired) electrons. The van der Waals surface area contributed by atoms with Crippen molar-refractivity contribution in [2.24, 2.45) is 4.99 Å². The number of phenols is 1. The van der Waals surface area contributed by atoms with E-state index in [-0.39, 0.29) is 11.7 Å². The summed E-state index contributed by atoms with van der Waals surface area (Å²) < 4.78 is 6.18. The van der Waals surface area contributed by atoms with Gasteiger partial charge in [0.25, 0.3) is 5.91 Å². The Labute approximate surface area is 158 Å². The highest BCUT2D eigenvalue weighted by Crippen LogP contribution is 2.38. The first-order valence-electron chi connectivity index (χ1n) is 7.73. The monoisotopic (exact) mass is 417 g/mol. The fourth-order valence-corrected chi connectivity index (χ4v) is 3.70. The van der Waals surface area contributed by atoms with Crippen LogP contribution in [-0.4, -0.2) is 22.7 Å². The van der Waals surface area contributed by atoms with Crippen LogP contribution < -0.4 is 4.74 Å². The zero-order valence-corrected chi connectivity index (χ0v) is 16.1. The summed E-state index contributed by atoms with van der Waals surface area (Å²) in [5.41, 5.74) is 2.56. The van der Waals surface area contributed by atoms with Gasteiger partial charge in [-0.25, -0.2) is 4.99 Å². The van der Waals surface area contributed by atoms with Gasteiger partial charge in [-0.3, -0.25) is 4.79 Å². The number of carbonyl (C=O) groups is 1. The molecule has 0 aliphatic carbocycles. The third-order valence-electron chi connectivity index (χ3n) is 3.57. The van der Waals surface area contributed by atoms with E-state index in [2.05, 4.69) is 20.9 Å². The Hall–Kier alpha value is -2.05. The summed E-state index contributed by atoms with van der Waals surface area (Å²) in [6.07, 6.45) is 1.64. The van der Waals surface area contributed by atoms with Crippen LogP contribution in [0, 0.1) is 6.92 Å². The molecule has 6 heteroatoms. The smallest absolute Gasteiger partial charge is 0.284 e. The first-order valence-corrected chi connectivity index (χ1v) is 9.33. The molecular weight excluding hydrogens is 402 g/mol. The number of amides is 1. The first-order chi connectivity index (χ1) is 12.0. The van der Waals surface area contributed by atoms with Crippen LogP contribution in [0.2, 0.25) is 0 Å². The predicted octanol–water partition coefficient (Wildman–Crippen LogP) is 4.92. The predicted molar refractivity (Wildman–Crippen MR) is 105 cm³/mol. The Bertz CT molecular complexity index is 888. The van der Waals surface area contributed by atoms with Crippen molar-refractivity contribution in [1.29, 1.82) is 0 Å². The molecule has 1 aliphatic heterocycles. The number of hydrogen-bond acceptors (Lipinski definition) is 4. The zero-order valence-electron chi connectivity index (χ0n) is 13.7. The van der Waals surface area contributed by atoms with Gasteiger partial charge in [-0.15, -0.1) is 0 Å². The number of aryl methyl sites for hydroxylation is 1. The molecule has 128 valence electrons. The second-order valence-corrected chi connectivity index (χ2v) is 7.42. The van der Waals surface area contributed by atoms with E-state index in [1.807, 2.05) is 38.1 Å². The molecule has 25 heavy (non-hydrogen) atoms. The summed E-state index contributed by atoms with van der Waals surface area (Å²) in [7, 11) is 0.